The lowest BCUT2D eigenvalue weighted by atomic mass is 10.0. The molecule has 0 aromatic heterocycles. The molecule has 0 aliphatic rings. The Kier molecular flexibility index (Phi) is 2.75. The number of nitrogens with zero attached hydrogens (tertiary/aromatic N) is 1. The minimum Gasteiger partial charge on any atom is -0.505 e. The quantitative estimate of drug-likeness (QED) is 0.818. The van der Waals surface area contributed by atoms with Crippen molar-refractivity contribution in [1.29, 1.82) is 5.26 Å². The van der Waals surface area contributed by atoms with Gasteiger partial charge in [-0.3, -0.25) is 0 Å². The third-order valence-corrected chi connectivity index (χ3v) is 2.36. The van der Waals surface area contributed by atoms with Crippen LogP contribution in [0.3, 0.4) is 0 Å². The highest BCUT2D eigenvalue weighted by Gasteiger charge is 2.08. The van der Waals surface area contributed by atoms with Crippen LogP contribution in [0.4, 0.5) is 8.78 Å². The lowest BCUT2D eigenvalue weighted by Crippen LogP contribution is -1.87. The molecule has 0 unspecified atom stereocenters. The number of benzene rings is 2. The molecule has 2 rings (SSSR count). The van der Waals surface area contributed by atoms with E-state index in [9.17, 15) is 8.78 Å². The molecule has 0 aliphatic heterocycles. The number of hydrogen-bond donors (Lipinski definition) is 1. The number of rotatable bonds is 1. The maximum Gasteiger partial charge on any atom is 0.165 e. The van der Waals surface area contributed by atoms with Crippen LogP contribution in [-0.4, -0.2) is 5.11 Å². The van der Waals surface area contributed by atoms with Crippen molar-refractivity contribution in [3.8, 4) is 22.9 Å². The maximum absolute atomic E-state index is 13.6. The number of phenolic OH excluding ortho intramolecular Hbond substituents is 1. The molecule has 0 fully saturated rings. The van der Waals surface area contributed by atoms with Gasteiger partial charge in [0.25, 0.3) is 0 Å². The van der Waals surface area contributed by atoms with Gasteiger partial charge in [-0.2, -0.15) is 5.26 Å². The second-order valence-electron chi connectivity index (χ2n) is 3.47. The molecule has 1 N–H and O–H groups in total. The van der Waals surface area contributed by atoms with Gasteiger partial charge in [0.15, 0.2) is 11.6 Å². The Balaban J connectivity index is 2.54. The molecule has 4 heteroatoms. The molecule has 0 radical (unpaired) electrons. The van der Waals surface area contributed by atoms with E-state index in [0.29, 0.717) is 5.56 Å². The Labute approximate surface area is 96.4 Å². The van der Waals surface area contributed by atoms with Crippen molar-refractivity contribution in [2.24, 2.45) is 0 Å². The van der Waals surface area contributed by atoms with Crippen LogP contribution in [0.1, 0.15) is 5.56 Å². The SMILES string of the molecule is N#Cc1ccc(-c2ccc(O)c(F)c2)c(F)c1. The fourth-order valence-corrected chi connectivity index (χ4v) is 1.49. The van der Waals surface area contributed by atoms with Gasteiger partial charge in [0.1, 0.15) is 5.82 Å². The smallest absolute Gasteiger partial charge is 0.165 e. The fraction of sp³-hybridized carbons (Fsp3) is 0. The predicted octanol–water partition coefficient (Wildman–Crippen LogP) is 3.21. The molecule has 0 heterocycles. The van der Waals surface area contributed by atoms with Gasteiger partial charge in [-0.05, 0) is 29.8 Å². The summed E-state index contributed by atoms with van der Waals surface area (Å²) < 4.78 is 26.7. The molecule has 2 aromatic rings. The zero-order chi connectivity index (χ0) is 12.4. The van der Waals surface area contributed by atoms with Crippen LogP contribution < -0.4 is 0 Å². The van der Waals surface area contributed by atoms with E-state index < -0.39 is 17.4 Å². The normalized spacial score (nSPS) is 9.94. The standard InChI is InChI=1S/C13H7F2NO/c14-11-5-8(7-16)1-3-10(11)9-2-4-13(17)12(15)6-9/h1-6,17H. The molecule has 0 bridgehead atoms. The number of hydrogen-bond acceptors (Lipinski definition) is 2. The monoisotopic (exact) mass is 231 g/mol. The molecule has 0 aliphatic carbocycles. The average molecular weight is 231 g/mol. The molecule has 17 heavy (non-hydrogen) atoms. The third kappa shape index (κ3) is 2.08. The number of nitriles is 1. The summed E-state index contributed by atoms with van der Waals surface area (Å²) in [6, 6.07) is 9.35. The molecule has 2 nitrogen and oxygen atoms in total. The summed E-state index contributed by atoms with van der Waals surface area (Å²) in [6.07, 6.45) is 0. The highest BCUT2D eigenvalue weighted by atomic mass is 19.1. The van der Waals surface area contributed by atoms with Crippen molar-refractivity contribution >= 4 is 0 Å². The maximum atomic E-state index is 13.6. The third-order valence-electron chi connectivity index (χ3n) is 2.36. The van der Waals surface area contributed by atoms with E-state index in [2.05, 4.69) is 0 Å². The first-order valence-electron chi connectivity index (χ1n) is 4.80. The summed E-state index contributed by atoms with van der Waals surface area (Å²) in [6.45, 7) is 0. The van der Waals surface area contributed by atoms with Gasteiger partial charge in [-0.1, -0.05) is 12.1 Å². The predicted molar refractivity (Wildman–Crippen MR) is 58.2 cm³/mol. The van der Waals surface area contributed by atoms with E-state index in [1.807, 2.05) is 6.07 Å². The Bertz CT molecular complexity index is 617. The number of aromatic hydroxyl groups is 1. The van der Waals surface area contributed by atoms with E-state index in [1.165, 1.54) is 18.2 Å². The van der Waals surface area contributed by atoms with Crippen LogP contribution in [0.25, 0.3) is 11.1 Å². The summed E-state index contributed by atoms with van der Waals surface area (Å²) in [5, 5.41) is 17.6. The summed E-state index contributed by atoms with van der Waals surface area (Å²) >= 11 is 0. The molecule has 84 valence electrons. The van der Waals surface area contributed by atoms with Gasteiger partial charge in [-0.15, -0.1) is 0 Å². The molecule has 0 saturated heterocycles. The van der Waals surface area contributed by atoms with E-state index in [0.717, 1.165) is 18.2 Å². The Hall–Kier alpha value is -2.41. The van der Waals surface area contributed by atoms with Crippen molar-refractivity contribution in [2.45, 2.75) is 0 Å². The lowest BCUT2D eigenvalue weighted by Gasteiger charge is -2.04. The van der Waals surface area contributed by atoms with Crippen LogP contribution in [0.5, 0.6) is 5.75 Å². The van der Waals surface area contributed by atoms with E-state index in [1.54, 1.807) is 0 Å². The number of halogens is 2. The fourth-order valence-electron chi connectivity index (χ4n) is 1.49. The van der Waals surface area contributed by atoms with Crippen molar-refractivity contribution in [3.63, 3.8) is 0 Å². The zero-order valence-corrected chi connectivity index (χ0v) is 8.61. The van der Waals surface area contributed by atoms with Gasteiger partial charge in [0.2, 0.25) is 0 Å². The van der Waals surface area contributed by atoms with E-state index >= 15 is 0 Å². The van der Waals surface area contributed by atoms with Crippen LogP contribution in [0.2, 0.25) is 0 Å². The van der Waals surface area contributed by atoms with Crippen molar-refractivity contribution < 1.29 is 13.9 Å². The van der Waals surface area contributed by atoms with Crippen molar-refractivity contribution in [3.05, 3.63) is 53.6 Å². The van der Waals surface area contributed by atoms with Gasteiger partial charge in [0, 0.05) is 5.56 Å². The van der Waals surface area contributed by atoms with Gasteiger partial charge in [0.05, 0.1) is 11.6 Å². The number of phenols is 1. The molecule has 0 atom stereocenters. The van der Waals surface area contributed by atoms with Gasteiger partial charge in [-0.25, -0.2) is 8.78 Å². The van der Waals surface area contributed by atoms with Gasteiger partial charge >= 0.3 is 0 Å². The van der Waals surface area contributed by atoms with Crippen molar-refractivity contribution in [2.75, 3.05) is 0 Å². The topological polar surface area (TPSA) is 44.0 Å². The molecule has 0 amide bonds. The highest BCUT2D eigenvalue weighted by Crippen LogP contribution is 2.27. The Morgan fingerprint density at radius 3 is 2.35 bits per heavy atom. The average Bonchev–Trinajstić information content (AvgIpc) is 2.32. The minimum absolute atomic E-state index is 0.183. The largest absolute Gasteiger partial charge is 0.505 e. The van der Waals surface area contributed by atoms with E-state index in [4.69, 9.17) is 10.4 Å². The summed E-state index contributed by atoms with van der Waals surface area (Å²) in [5.41, 5.74) is 0.690. The van der Waals surface area contributed by atoms with Crippen LogP contribution in [-0.2, 0) is 0 Å². The Morgan fingerprint density at radius 2 is 1.76 bits per heavy atom. The molecule has 0 saturated carbocycles. The zero-order valence-electron chi connectivity index (χ0n) is 8.61. The van der Waals surface area contributed by atoms with Crippen molar-refractivity contribution in [1.82, 2.24) is 0 Å². The van der Waals surface area contributed by atoms with Crippen LogP contribution in [0, 0.1) is 23.0 Å². The Morgan fingerprint density at radius 1 is 1.00 bits per heavy atom. The first kappa shape index (κ1) is 11.1. The molecule has 2 aromatic carbocycles. The molecular weight excluding hydrogens is 224 g/mol. The van der Waals surface area contributed by atoms with Gasteiger partial charge < -0.3 is 5.11 Å². The first-order valence-corrected chi connectivity index (χ1v) is 4.80. The lowest BCUT2D eigenvalue weighted by molar-refractivity contribution is 0.432. The molecular formula is C13H7F2NO. The second kappa shape index (κ2) is 4.22. The first-order chi connectivity index (χ1) is 8.11. The summed E-state index contributed by atoms with van der Waals surface area (Å²) in [5.74, 6) is -1.90. The highest BCUT2D eigenvalue weighted by molar-refractivity contribution is 5.65. The summed E-state index contributed by atoms with van der Waals surface area (Å²) in [4.78, 5) is 0. The minimum atomic E-state index is -0.814. The molecule has 0 spiro atoms. The van der Waals surface area contributed by atoms with Crippen LogP contribution >= 0.6 is 0 Å². The second-order valence-corrected chi connectivity index (χ2v) is 3.47. The van der Waals surface area contributed by atoms with Crippen LogP contribution in [0.15, 0.2) is 36.4 Å². The summed E-state index contributed by atoms with van der Waals surface area (Å²) in [7, 11) is 0. The van der Waals surface area contributed by atoms with E-state index in [-0.39, 0.29) is 11.1 Å².